The van der Waals surface area contributed by atoms with E-state index in [0.29, 0.717) is 19.1 Å². The van der Waals surface area contributed by atoms with E-state index in [4.69, 9.17) is 10.5 Å². The van der Waals surface area contributed by atoms with Crippen molar-refractivity contribution in [3.05, 3.63) is 29.8 Å². The van der Waals surface area contributed by atoms with Crippen molar-refractivity contribution in [3.8, 4) is 5.75 Å². The highest BCUT2D eigenvalue weighted by Crippen LogP contribution is 2.29. The average Bonchev–Trinajstić information content (AvgIpc) is 2.91. The van der Waals surface area contributed by atoms with Gasteiger partial charge in [0, 0.05) is 19.1 Å². The van der Waals surface area contributed by atoms with Crippen LogP contribution < -0.4 is 10.5 Å². The van der Waals surface area contributed by atoms with Crippen LogP contribution in [0, 0.1) is 5.92 Å². The summed E-state index contributed by atoms with van der Waals surface area (Å²) < 4.78 is 5.70. The van der Waals surface area contributed by atoms with Gasteiger partial charge in [0.05, 0.1) is 12.0 Å². The Hall–Kier alpha value is -1.26. The van der Waals surface area contributed by atoms with Gasteiger partial charge in [0.25, 0.3) is 0 Å². The van der Waals surface area contributed by atoms with Gasteiger partial charge in [-0.3, -0.25) is 4.79 Å². The van der Waals surface area contributed by atoms with E-state index >= 15 is 0 Å². The monoisotopic (exact) mass is 340 g/mol. The Kier molecular flexibility index (Phi) is 6.90. The average molecular weight is 341 g/mol. The van der Waals surface area contributed by atoms with Crippen LogP contribution in [0.25, 0.3) is 0 Å². The Bertz CT molecular complexity index is 514. The van der Waals surface area contributed by atoms with E-state index in [1.807, 2.05) is 43.0 Å². The fraction of sp³-hybridized carbons (Fsp3) is 0.611. The van der Waals surface area contributed by atoms with Gasteiger partial charge in [0.1, 0.15) is 5.75 Å². The molecule has 5 heteroatoms. The molecule has 1 aromatic carbocycles. The number of benzene rings is 1. The number of halogens is 1. The summed E-state index contributed by atoms with van der Waals surface area (Å²) >= 11 is 0. The van der Waals surface area contributed by atoms with Crippen molar-refractivity contribution in [2.75, 3.05) is 19.7 Å². The molecule has 1 aliphatic rings. The van der Waals surface area contributed by atoms with E-state index in [9.17, 15) is 4.79 Å². The molecule has 1 heterocycles. The summed E-state index contributed by atoms with van der Waals surface area (Å²) in [6.07, 6.45) is 0.893. The highest BCUT2D eigenvalue weighted by Gasteiger charge is 2.36. The maximum atomic E-state index is 12.8. The lowest BCUT2D eigenvalue weighted by Gasteiger charge is -2.29. The zero-order valence-corrected chi connectivity index (χ0v) is 15.4. The predicted octanol–water partition coefficient (Wildman–Crippen LogP) is 2.98. The first-order chi connectivity index (χ1) is 10.3. The first kappa shape index (κ1) is 19.8. The Balaban J connectivity index is 0.00000264. The molecule has 4 nitrogen and oxygen atoms in total. The minimum Gasteiger partial charge on any atom is -0.493 e. The SMILES string of the molecule is CC(C)COc1ccc(C(C)(C)C(=O)N2CC[C@@H](N)C2)cc1.Cl. The number of nitrogens with two attached hydrogens (primary N) is 1. The maximum Gasteiger partial charge on any atom is 0.232 e. The van der Waals surface area contributed by atoms with Crippen LogP contribution in [0.2, 0.25) is 0 Å². The largest absolute Gasteiger partial charge is 0.493 e. The number of hydrogen-bond donors (Lipinski definition) is 1. The lowest BCUT2D eigenvalue weighted by Crippen LogP contribution is -2.43. The molecule has 23 heavy (non-hydrogen) atoms. The highest BCUT2D eigenvalue weighted by atomic mass is 35.5. The first-order valence-electron chi connectivity index (χ1n) is 8.09. The second kappa shape index (κ2) is 8.02. The molecule has 0 unspecified atom stereocenters. The second-order valence-corrected chi connectivity index (χ2v) is 7.15. The van der Waals surface area contributed by atoms with Crippen molar-refractivity contribution >= 4 is 18.3 Å². The molecular formula is C18H29ClN2O2. The van der Waals surface area contributed by atoms with Crippen molar-refractivity contribution in [2.45, 2.75) is 45.6 Å². The van der Waals surface area contributed by atoms with Crippen molar-refractivity contribution in [1.82, 2.24) is 4.90 Å². The van der Waals surface area contributed by atoms with Gasteiger partial charge >= 0.3 is 0 Å². The minimum absolute atomic E-state index is 0. The van der Waals surface area contributed by atoms with E-state index in [2.05, 4.69) is 13.8 Å². The van der Waals surface area contributed by atoms with E-state index in [-0.39, 0.29) is 24.4 Å². The number of amides is 1. The Morgan fingerprint density at radius 3 is 2.43 bits per heavy atom. The van der Waals surface area contributed by atoms with E-state index in [1.165, 1.54) is 0 Å². The number of carbonyl (C=O) groups is 1. The van der Waals surface area contributed by atoms with Crippen LogP contribution in [0.1, 0.15) is 39.7 Å². The van der Waals surface area contributed by atoms with E-state index in [1.54, 1.807) is 0 Å². The van der Waals surface area contributed by atoms with Crippen LogP contribution >= 0.6 is 12.4 Å². The van der Waals surface area contributed by atoms with Gasteiger partial charge in [-0.15, -0.1) is 12.4 Å². The summed E-state index contributed by atoms with van der Waals surface area (Å²) in [5.41, 5.74) is 6.38. The fourth-order valence-corrected chi connectivity index (χ4v) is 2.72. The van der Waals surface area contributed by atoms with Gasteiger partial charge in [-0.2, -0.15) is 0 Å². The van der Waals surface area contributed by atoms with Crippen molar-refractivity contribution < 1.29 is 9.53 Å². The molecular weight excluding hydrogens is 312 g/mol. The molecule has 0 spiro atoms. The van der Waals surface area contributed by atoms with Gasteiger partial charge in [-0.25, -0.2) is 0 Å². The topological polar surface area (TPSA) is 55.6 Å². The Morgan fingerprint density at radius 1 is 1.35 bits per heavy atom. The Morgan fingerprint density at radius 2 is 1.96 bits per heavy atom. The number of nitrogens with zero attached hydrogens (tertiary/aromatic N) is 1. The predicted molar refractivity (Wildman–Crippen MR) is 96.2 cm³/mol. The molecule has 1 saturated heterocycles. The third-order valence-electron chi connectivity index (χ3n) is 4.21. The third kappa shape index (κ3) is 4.85. The lowest BCUT2D eigenvalue weighted by atomic mass is 9.83. The minimum atomic E-state index is -0.541. The van der Waals surface area contributed by atoms with Gasteiger partial charge in [-0.05, 0) is 43.9 Å². The zero-order chi connectivity index (χ0) is 16.3. The van der Waals surface area contributed by atoms with Crippen molar-refractivity contribution in [3.63, 3.8) is 0 Å². The lowest BCUT2D eigenvalue weighted by molar-refractivity contribution is -0.135. The second-order valence-electron chi connectivity index (χ2n) is 7.15. The summed E-state index contributed by atoms with van der Waals surface area (Å²) in [5.74, 6) is 1.50. The molecule has 1 atom stereocenters. The molecule has 0 bridgehead atoms. The van der Waals surface area contributed by atoms with Crippen LogP contribution in [0.15, 0.2) is 24.3 Å². The van der Waals surface area contributed by atoms with Gasteiger partial charge < -0.3 is 15.4 Å². The molecule has 0 saturated carbocycles. The van der Waals surface area contributed by atoms with Crippen LogP contribution in [0.3, 0.4) is 0 Å². The summed E-state index contributed by atoms with van der Waals surface area (Å²) in [7, 11) is 0. The number of carbonyl (C=O) groups excluding carboxylic acids is 1. The Labute approximate surface area is 145 Å². The van der Waals surface area contributed by atoms with Gasteiger partial charge in [-0.1, -0.05) is 26.0 Å². The van der Waals surface area contributed by atoms with Gasteiger partial charge in [0.15, 0.2) is 0 Å². The molecule has 1 fully saturated rings. The molecule has 2 rings (SSSR count). The van der Waals surface area contributed by atoms with E-state index in [0.717, 1.165) is 24.3 Å². The van der Waals surface area contributed by atoms with Crippen LogP contribution in [-0.2, 0) is 10.2 Å². The van der Waals surface area contributed by atoms with Crippen LogP contribution in [-0.4, -0.2) is 36.5 Å². The number of likely N-dealkylation sites (tertiary alicyclic amines) is 1. The number of hydrogen-bond acceptors (Lipinski definition) is 3. The summed E-state index contributed by atoms with van der Waals surface area (Å²) in [6.45, 7) is 10.3. The highest BCUT2D eigenvalue weighted by molar-refractivity contribution is 5.87. The normalized spacial score (nSPS) is 18.0. The number of rotatable bonds is 5. The number of ether oxygens (including phenoxy) is 1. The molecule has 0 aromatic heterocycles. The summed E-state index contributed by atoms with van der Waals surface area (Å²) in [6, 6.07) is 7.99. The summed E-state index contributed by atoms with van der Waals surface area (Å²) in [5, 5.41) is 0. The van der Waals surface area contributed by atoms with E-state index < -0.39 is 5.41 Å². The molecule has 130 valence electrons. The molecule has 0 aliphatic carbocycles. The molecule has 0 radical (unpaired) electrons. The molecule has 2 N–H and O–H groups in total. The smallest absolute Gasteiger partial charge is 0.232 e. The van der Waals surface area contributed by atoms with Crippen molar-refractivity contribution in [2.24, 2.45) is 11.7 Å². The standard InChI is InChI=1S/C18H28N2O2.ClH/c1-13(2)12-22-16-7-5-14(6-8-16)18(3,4)17(21)20-10-9-15(19)11-20;/h5-8,13,15H,9-12,19H2,1-4H3;1H/t15-;/m1./s1. The van der Waals surface area contributed by atoms with Crippen LogP contribution in [0.5, 0.6) is 5.75 Å². The maximum absolute atomic E-state index is 12.8. The van der Waals surface area contributed by atoms with Gasteiger partial charge in [0.2, 0.25) is 5.91 Å². The molecule has 1 aromatic rings. The fourth-order valence-electron chi connectivity index (χ4n) is 2.72. The third-order valence-corrected chi connectivity index (χ3v) is 4.21. The zero-order valence-electron chi connectivity index (χ0n) is 14.5. The van der Waals surface area contributed by atoms with Crippen LogP contribution in [0.4, 0.5) is 0 Å². The quantitative estimate of drug-likeness (QED) is 0.896. The summed E-state index contributed by atoms with van der Waals surface area (Å²) in [4.78, 5) is 14.6. The van der Waals surface area contributed by atoms with Crippen molar-refractivity contribution in [1.29, 1.82) is 0 Å². The molecule has 1 aliphatic heterocycles. The molecule has 1 amide bonds. The first-order valence-corrected chi connectivity index (χ1v) is 8.09.